The van der Waals surface area contributed by atoms with Gasteiger partial charge in [-0.25, -0.2) is 0 Å². The Morgan fingerprint density at radius 1 is 1.26 bits per heavy atom. The first kappa shape index (κ1) is 14.1. The maximum atomic E-state index is 12.6. The minimum atomic E-state index is -3.50. The largest absolute Gasteiger partial charge is 0.396 e. The summed E-state index contributed by atoms with van der Waals surface area (Å²) in [6, 6.07) is 1.62. The van der Waals surface area contributed by atoms with Crippen molar-refractivity contribution in [3.63, 3.8) is 0 Å². The number of nitrogens with zero attached hydrogens (tertiary/aromatic N) is 3. The lowest BCUT2D eigenvalue weighted by Gasteiger charge is -2.28. The van der Waals surface area contributed by atoms with Crippen LogP contribution in [0.5, 0.6) is 0 Å². The number of rotatable bonds is 3. The van der Waals surface area contributed by atoms with Crippen molar-refractivity contribution in [3.05, 3.63) is 18.5 Å². The van der Waals surface area contributed by atoms with E-state index in [1.54, 1.807) is 16.6 Å². The molecular weight excluding hydrogens is 264 g/mol. The highest BCUT2D eigenvalue weighted by Gasteiger charge is 2.28. The van der Waals surface area contributed by atoms with Gasteiger partial charge >= 0.3 is 10.2 Å². The standard InChI is InChI=1S/C12H20N4O2S/c1-15(12-6-7-14-10-11(12)13)19(17,18)16-8-4-2-3-5-9-16/h6-7,10H,2-5,8-9,13H2,1H3. The maximum absolute atomic E-state index is 12.6. The molecule has 1 fully saturated rings. The third-order valence-electron chi connectivity index (χ3n) is 3.40. The van der Waals surface area contributed by atoms with Crippen LogP contribution in [0.2, 0.25) is 0 Å². The van der Waals surface area contributed by atoms with Crippen LogP contribution in [-0.2, 0) is 10.2 Å². The van der Waals surface area contributed by atoms with Crippen LogP contribution in [0, 0.1) is 0 Å². The summed E-state index contributed by atoms with van der Waals surface area (Å²) < 4.78 is 27.9. The average molecular weight is 284 g/mol. The molecule has 0 unspecified atom stereocenters. The summed E-state index contributed by atoms with van der Waals surface area (Å²) in [6.45, 7) is 1.16. The first-order chi connectivity index (χ1) is 9.03. The van der Waals surface area contributed by atoms with Crippen LogP contribution in [0.25, 0.3) is 0 Å². The molecule has 0 aliphatic carbocycles. The number of pyridine rings is 1. The van der Waals surface area contributed by atoms with Gasteiger partial charge in [0.05, 0.1) is 17.6 Å². The molecule has 0 aromatic carbocycles. The Morgan fingerprint density at radius 2 is 1.89 bits per heavy atom. The number of anilines is 2. The van der Waals surface area contributed by atoms with Crippen molar-refractivity contribution in [2.24, 2.45) is 0 Å². The van der Waals surface area contributed by atoms with Crippen LogP contribution in [0.1, 0.15) is 25.7 Å². The van der Waals surface area contributed by atoms with Gasteiger partial charge in [0, 0.05) is 26.3 Å². The van der Waals surface area contributed by atoms with Crippen LogP contribution in [0.15, 0.2) is 18.5 Å². The average Bonchev–Trinajstić information content (AvgIpc) is 2.67. The van der Waals surface area contributed by atoms with Gasteiger partial charge < -0.3 is 5.73 Å². The molecule has 7 heteroatoms. The van der Waals surface area contributed by atoms with Crippen molar-refractivity contribution in [1.29, 1.82) is 0 Å². The summed E-state index contributed by atoms with van der Waals surface area (Å²) in [5.74, 6) is 0. The van der Waals surface area contributed by atoms with Crippen LogP contribution in [0.3, 0.4) is 0 Å². The fourth-order valence-electron chi connectivity index (χ4n) is 2.26. The number of hydrogen-bond acceptors (Lipinski definition) is 4. The van der Waals surface area contributed by atoms with E-state index in [1.807, 2.05) is 0 Å². The highest BCUT2D eigenvalue weighted by Crippen LogP contribution is 2.25. The zero-order valence-corrected chi connectivity index (χ0v) is 11.9. The molecule has 1 aliphatic rings. The molecule has 1 aromatic heterocycles. The van der Waals surface area contributed by atoms with Crippen molar-refractivity contribution >= 4 is 21.6 Å². The molecule has 1 saturated heterocycles. The SMILES string of the molecule is CN(c1ccncc1N)S(=O)(=O)N1CCCCCC1. The highest BCUT2D eigenvalue weighted by molar-refractivity contribution is 7.90. The first-order valence-corrected chi connectivity index (χ1v) is 7.86. The molecule has 19 heavy (non-hydrogen) atoms. The Kier molecular flexibility index (Phi) is 4.26. The highest BCUT2D eigenvalue weighted by atomic mass is 32.2. The molecular formula is C12H20N4O2S. The predicted octanol–water partition coefficient (Wildman–Crippen LogP) is 1.22. The molecule has 1 aromatic rings. The summed E-state index contributed by atoms with van der Waals surface area (Å²) in [5.41, 5.74) is 6.63. The van der Waals surface area contributed by atoms with Crippen LogP contribution in [0.4, 0.5) is 11.4 Å². The summed E-state index contributed by atoms with van der Waals surface area (Å²) in [7, 11) is -1.97. The monoisotopic (exact) mass is 284 g/mol. The minimum absolute atomic E-state index is 0.364. The minimum Gasteiger partial charge on any atom is -0.396 e. The maximum Gasteiger partial charge on any atom is 0.303 e. The molecule has 0 radical (unpaired) electrons. The van der Waals surface area contributed by atoms with Gasteiger partial charge in [-0.05, 0) is 18.9 Å². The Hall–Kier alpha value is -1.34. The fourth-order valence-corrected chi connectivity index (χ4v) is 3.74. The lowest BCUT2D eigenvalue weighted by atomic mass is 10.2. The second-order valence-corrected chi connectivity index (χ2v) is 6.68. The third-order valence-corrected chi connectivity index (χ3v) is 5.31. The summed E-state index contributed by atoms with van der Waals surface area (Å²) in [5, 5.41) is 0. The van der Waals surface area contributed by atoms with Crippen molar-refractivity contribution in [2.75, 3.05) is 30.2 Å². The second-order valence-electron chi connectivity index (χ2n) is 4.72. The Morgan fingerprint density at radius 3 is 2.47 bits per heavy atom. The van der Waals surface area contributed by atoms with E-state index in [-0.39, 0.29) is 0 Å². The zero-order valence-electron chi connectivity index (χ0n) is 11.1. The molecule has 6 nitrogen and oxygen atoms in total. The van der Waals surface area contributed by atoms with E-state index in [4.69, 9.17) is 5.73 Å². The summed E-state index contributed by atoms with van der Waals surface area (Å²) >= 11 is 0. The molecule has 2 N–H and O–H groups in total. The Bertz CT molecular complexity index is 524. The fraction of sp³-hybridized carbons (Fsp3) is 0.583. The Balaban J connectivity index is 2.26. The van der Waals surface area contributed by atoms with Crippen LogP contribution >= 0.6 is 0 Å². The molecule has 2 heterocycles. The van der Waals surface area contributed by atoms with Crippen molar-refractivity contribution in [3.8, 4) is 0 Å². The molecule has 0 amide bonds. The van der Waals surface area contributed by atoms with Gasteiger partial charge in [-0.2, -0.15) is 12.7 Å². The first-order valence-electron chi connectivity index (χ1n) is 6.47. The van der Waals surface area contributed by atoms with E-state index < -0.39 is 10.2 Å². The van der Waals surface area contributed by atoms with E-state index in [0.29, 0.717) is 24.5 Å². The van der Waals surface area contributed by atoms with Crippen molar-refractivity contribution in [2.45, 2.75) is 25.7 Å². The third kappa shape index (κ3) is 2.98. The number of nitrogen functional groups attached to an aromatic ring is 1. The lowest BCUT2D eigenvalue weighted by molar-refractivity contribution is 0.422. The van der Waals surface area contributed by atoms with Crippen molar-refractivity contribution in [1.82, 2.24) is 9.29 Å². The summed E-state index contributed by atoms with van der Waals surface area (Å²) in [6.07, 6.45) is 7.02. The van der Waals surface area contributed by atoms with Crippen molar-refractivity contribution < 1.29 is 8.42 Å². The van der Waals surface area contributed by atoms with E-state index in [1.165, 1.54) is 17.5 Å². The van der Waals surface area contributed by atoms with Crippen LogP contribution < -0.4 is 10.0 Å². The molecule has 0 spiro atoms. The molecule has 106 valence electrons. The zero-order chi connectivity index (χ0) is 13.9. The molecule has 0 atom stereocenters. The summed E-state index contributed by atoms with van der Waals surface area (Å²) in [4.78, 5) is 3.88. The van der Waals surface area contributed by atoms with Gasteiger partial charge in [-0.3, -0.25) is 9.29 Å². The quantitative estimate of drug-likeness (QED) is 0.905. The molecule has 0 saturated carbocycles. The van der Waals surface area contributed by atoms with E-state index in [0.717, 1.165) is 25.7 Å². The number of hydrogen-bond donors (Lipinski definition) is 1. The van der Waals surface area contributed by atoms with Gasteiger partial charge in [0.25, 0.3) is 0 Å². The van der Waals surface area contributed by atoms with Gasteiger partial charge in [0.1, 0.15) is 0 Å². The van der Waals surface area contributed by atoms with E-state index in [2.05, 4.69) is 4.98 Å². The topological polar surface area (TPSA) is 79.5 Å². The van der Waals surface area contributed by atoms with E-state index in [9.17, 15) is 8.42 Å². The second kappa shape index (κ2) is 5.75. The predicted molar refractivity (Wildman–Crippen MR) is 76.0 cm³/mol. The van der Waals surface area contributed by atoms with Crippen LogP contribution in [-0.4, -0.2) is 37.8 Å². The van der Waals surface area contributed by atoms with Gasteiger partial charge in [-0.15, -0.1) is 0 Å². The molecule has 2 rings (SSSR count). The van der Waals surface area contributed by atoms with Gasteiger partial charge in [0.15, 0.2) is 0 Å². The molecule has 0 bridgehead atoms. The number of nitrogens with two attached hydrogens (primary N) is 1. The Labute approximate surface area is 114 Å². The van der Waals surface area contributed by atoms with E-state index >= 15 is 0 Å². The number of aromatic nitrogens is 1. The smallest absolute Gasteiger partial charge is 0.303 e. The normalized spacial score (nSPS) is 17.9. The lowest BCUT2D eigenvalue weighted by Crippen LogP contribution is -2.42. The van der Waals surface area contributed by atoms with Gasteiger partial charge in [0.2, 0.25) is 0 Å². The van der Waals surface area contributed by atoms with Gasteiger partial charge in [-0.1, -0.05) is 12.8 Å². The molecule has 1 aliphatic heterocycles.